The van der Waals surface area contributed by atoms with Gasteiger partial charge in [-0.2, -0.15) is 0 Å². The Balaban J connectivity index is 1.96. The lowest BCUT2D eigenvalue weighted by Gasteiger charge is -2.15. The Kier molecular flexibility index (Phi) is 6.77. The number of guanidine groups is 1. The van der Waals surface area contributed by atoms with E-state index in [1.54, 1.807) is 0 Å². The maximum atomic E-state index is 12.5. The maximum absolute atomic E-state index is 12.5. The van der Waals surface area contributed by atoms with Crippen LogP contribution in [0.4, 0.5) is 0 Å². The normalized spacial score (nSPS) is 13.3. The number of fused-ring (bicyclic) bond motifs is 1. The SMILES string of the molecule is C[C@@H](CCCN=C(N)N)C(=O)C[C@@H](Cc1c[nH]c2ccccc12)C(N)=O. The van der Waals surface area contributed by atoms with Crippen molar-refractivity contribution in [3.05, 3.63) is 36.0 Å². The number of amides is 1. The lowest BCUT2D eigenvalue weighted by molar-refractivity contribution is -0.129. The molecule has 0 aliphatic rings. The highest BCUT2D eigenvalue weighted by atomic mass is 16.1. The predicted molar refractivity (Wildman–Crippen MR) is 103 cm³/mol. The number of nitrogens with one attached hydrogen (secondary N) is 1. The van der Waals surface area contributed by atoms with Gasteiger partial charge in [0.15, 0.2) is 5.96 Å². The molecule has 1 aromatic heterocycles. The number of para-hydroxylation sites is 1. The summed E-state index contributed by atoms with van der Waals surface area (Å²) in [5, 5.41) is 1.05. The molecule has 140 valence electrons. The highest BCUT2D eigenvalue weighted by molar-refractivity contribution is 5.88. The molecule has 7 nitrogen and oxygen atoms in total. The molecule has 0 saturated heterocycles. The van der Waals surface area contributed by atoms with E-state index in [9.17, 15) is 9.59 Å². The molecule has 1 aromatic carbocycles. The number of aliphatic imine (C=N–C) groups is 1. The molecule has 7 N–H and O–H groups in total. The van der Waals surface area contributed by atoms with Crippen LogP contribution in [-0.4, -0.2) is 29.2 Å². The number of carbonyl (C=O) groups excluding carboxylic acids is 2. The first-order valence-corrected chi connectivity index (χ1v) is 8.81. The molecule has 0 aliphatic carbocycles. The van der Waals surface area contributed by atoms with Gasteiger partial charge in [-0.25, -0.2) is 0 Å². The molecular formula is C19H27N5O2. The second-order valence-corrected chi connectivity index (χ2v) is 6.68. The van der Waals surface area contributed by atoms with Gasteiger partial charge in [0.25, 0.3) is 0 Å². The number of Topliss-reactive ketones (excluding diaryl/α,β-unsaturated/α-hetero) is 1. The highest BCUT2D eigenvalue weighted by Gasteiger charge is 2.24. The van der Waals surface area contributed by atoms with Gasteiger partial charge in [0.05, 0.1) is 0 Å². The van der Waals surface area contributed by atoms with E-state index in [4.69, 9.17) is 17.2 Å². The molecule has 2 atom stereocenters. The minimum atomic E-state index is -0.512. The third-order valence-corrected chi connectivity index (χ3v) is 4.63. The molecule has 0 bridgehead atoms. The highest BCUT2D eigenvalue weighted by Crippen LogP contribution is 2.23. The van der Waals surface area contributed by atoms with Gasteiger partial charge in [0.1, 0.15) is 5.78 Å². The van der Waals surface area contributed by atoms with Gasteiger partial charge in [0, 0.05) is 41.9 Å². The Hall–Kier alpha value is -2.83. The van der Waals surface area contributed by atoms with Crippen LogP contribution in [0, 0.1) is 11.8 Å². The molecule has 0 fully saturated rings. The second-order valence-electron chi connectivity index (χ2n) is 6.68. The lowest BCUT2D eigenvalue weighted by Crippen LogP contribution is -2.29. The molecule has 2 rings (SSSR count). The standard InChI is InChI=1S/C19H27N5O2/c1-12(5-4-8-23-19(21)22)17(25)10-13(18(20)26)9-14-11-24-16-7-3-2-6-15(14)16/h2-3,6-7,11-13,24H,4-5,8-10H2,1H3,(H2,20,26)(H4,21,22,23)/t12-,13+/m0/s1. The van der Waals surface area contributed by atoms with Crippen LogP contribution < -0.4 is 17.2 Å². The van der Waals surface area contributed by atoms with Crippen molar-refractivity contribution in [1.82, 2.24) is 4.98 Å². The van der Waals surface area contributed by atoms with Crippen molar-refractivity contribution in [3.8, 4) is 0 Å². The van der Waals surface area contributed by atoms with E-state index in [1.807, 2.05) is 37.4 Å². The average Bonchev–Trinajstić information content (AvgIpc) is 3.00. The number of aromatic nitrogens is 1. The van der Waals surface area contributed by atoms with Gasteiger partial charge in [-0.15, -0.1) is 0 Å². The Morgan fingerprint density at radius 3 is 2.62 bits per heavy atom. The summed E-state index contributed by atoms with van der Waals surface area (Å²) < 4.78 is 0. The van der Waals surface area contributed by atoms with Crippen LogP contribution in [0.1, 0.15) is 31.7 Å². The summed E-state index contributed by atoms with van der Waals surface area (Å²) >= 11 is 0. The second kappa shape index (κ2) is 9.03. The van der Waals surface area contributed by atoms with Gasteiger partial charge < -0.3 is 22.2 Å². The molecule has 0 saturated carbocycles. The number of hydrogen-bond donors (Lipinski definition) is 4. The number of rotatable bonds is 10. The average molecular weight is 357 g/mol. The zero-order valence-electron chi connectivity index (χ0n) is 15.1. The molecule has 0 unspecified atom stereocenters. The first-order valence-electron chi connectivity index (χ1n) is 8.81. The first-order chi connectivity index (χ1) is 12.4. The molecule has 7 heteroatoms. The fourth-order valence-corrected chi connectivity index (χ4v) is 3.05. The molecule has 1 amide bonds. The molecule has 1 heterocycles. The van der Waals surface area contributed by atoms with Gasteiger partial charge in [0.2, 0.25) is 5.91 Å². The molecule has 0 spiro atoms. The van der Waals surface area contributed by atoms with Gasteiger partial charge in [-0.3, -0.25) is 14.6 Å². The van der Waals surface area contributed by atoms with Crippen LogP contribution in [0.15, 0.2) is 35.5 Å². The Bertz CT molecular complexity index is 792. The number of benzene rings is 1. The summed E-state index contributed by atoms with van der Waals surface area (Å²) in [7, 11) is 0. The molecule has 2 aromatic rings. The van der Waals surface area contributed by atoms with Crippen LogP contribution in [0.25, 0.3) is 10.9 Å². The van der Waals surface area contributed by atoms with E-state index in [1.165, 1.54) is 0 Å². The van der Waals surface area contributed by atoms with E-state index in [2.05, 4.69) is 9.98 Å². The maximum Gasteiger partial charge on any atom is 0.221 e. The number of H-pyrrole nitrogens is 1. The number of nitrogens with two attached hydrogens (primary N) is 3. The summed E-state index contributed by atoms with van der Waals surface area (Å²) in [5.41, 5.74) is 18.1. The summed E-state index contributed by atoms with van der Waals surface area (Å²) in [5.74, 6) is -1.03. The fourth-order valence-electron chi connectivity index (χ4n) is 3.05. The third kappa shape index (κ3) is 5.34. The molecule has 26 heavy (non-hydrogen) atoms. The summed E-state index contributed by atoms with van der Waals surface area (Å²) in [6.07, 6.45) is 3.87. The number of ketones is 1. The summed E-state index contributed by atoms with van der Waals surface area (Å²) in [4.78, 5) is 31.4. The minimum absolute atomic E-state index is 0.0401. The molecular weight excluding hydrogens is 330 g/mol. The minimum Gasteiger partial charge on any atom is -0.370 e. The topological polar surface area (TPSA) is 140 Å². The van der Waals surface area contributed by atoms with Gasteiger partial charge in [-0.1, -0.05) is 25.1 Å². The lowest BCUT2D eigenvalue weighted by atomic mass is 9.88. The summed E-state index contributed by atoms with van der Waals surface area (Å²) in [6.45, 7) is 2.36. The van der Waals surface area contributed by atoms with Gasteiger partial charge >= 0.3 is 0 Å². The van der Waals surface area contributed by atoms with Crippen LogP contribution in [0.3, 0.4) is 0 Å². The zero-order chi connectivity index (χ0) is 19.1. The quantitative estimate of drug-likeness (QED) is 0.290. The smallest absolute Gasteiger partial charge is 0.221 e. The van der Waals surface area contributed by atoms with Crippen LogP contribution in [0.2, 0.25) is 0 Å². The number of aromatic amines is 1. The monoisotopic (exact) mass is 357 g/mol. The number of hydrogen-bond acceptors (Lipinski definition) is 3. The summed E-state index contributed by atoms with van der Waals surface area (Å²) in [6, 6.07) is 7.86. The number of nitrogens with zero attached hydrogens (tertiary/aromatic N) is 1. The van der Waals surface area contributed by atoms with Crippen molar-refractivity contribution in [2.75, 3.05) is 6.54 Å². The van der Waals surface area contributed by atoms with Crippen LogP contribution in [0.5, 0.6) is 0 Å². The van der Waals surface area contributed by atoms with E-state index in [0.29, 0.717) is 25.8 Å². The fraction of sp³-hybridized carbons (Fsp3) is 0.421. The van der Waals surface area contributed by atoms with Crippen molar-refractivity contribution in [3.63, 3.8) is 0 Å². The largest absolute Gasteiger partial charge is 0.370 e. The van der Waals surface area contributed by atoms with Crippen molar-refractivity contribution < 1.29 is 9.59 Å². The predicted octanol–water partition coefficient (Wildman–Crippen LogP) is 1.46. The van der Waals surface area contributed by atoms with Crippen molar-refractivity contribution in [2.24, 2.45) is 34.0 Å². The Morgan fingerprint density at radius 1 is 1.19 bits per heavy atom. The Labute approximate surface area is 153 Å². The molecule has 0 radical (unpaired) electrons. The first kappa shape index (κ1) is 19.5. The third-order valence-electron chi connectivity index (χ3n) is 4.63. The molecule has 0 aliphatic heterocycles. The van der Waals surface area contributed by atoms with Crippen LogP contribution >= 0.6 is 0 Å². The van der Waals surface area contributed by atoms with Crippen molar-refractivity contribution in [1.29, 1.82) is 0 Å². The van der Waals surface area contributed by atoms with Crippen molar-refractivity contribution in [2.45, 2.75) is 32.6 Å². The van der Waals surface area contributed by atoms with E-state index >= 15 is 0 Å². The van der Waals surface area contributed by atoms with Crippen LogP contribution in [-0.2, 0) is 16.0 Å². The van der Waals surface area contributed by atoms with Crippen molar-refractivity contribution >= 4 is 28.6 Å². The van der Waals surface area contributed by atoms with E-state index < -0.39 is 11.8 Å². The van der Waals surface area contributed by atoms with E-state index in [-0.39, 0.29) is 24.1 Å². The van der Waals surface area contributed by atoms with E-state index in [0.717, 1.165) is 16.5 Å². The van der Waals surface area contributed by atoms with Gasteiger partial charge in [-0.05, 0) is 30.9 Å². The number of primary amides is 1. The Morgan fingerprint density at radius 2 is 1.92 bits per heavy atom. The number of carbonyl (C=O) groups is 2. The zero-order valence-corrected chi connectivity index (χ0v) is 15.1.